The van der Waals surface area contributed by atoms with Crippen molar-refractivity contribution in [1.29, 1.82) is 0 Å². The molecule has 0 saturated carbocycles. The Morgan fingerprint density at radius 3 is 2.88 bits per heavy atom. The minimum atomic E-state index is -0.0294. The summed E-state index contributed by atoms with van der Waals surface area (Å²) in [5.41, 5.74) is 0.948. The van der Waals surface area contributed by atoms with E-state index in [1.54, 1.807) is 18.2 Å². The number of rotatable bonds is 6. The summed E-state index contributed by atoms with van der Waals surface area (Å²) in [6.07, 6.45) is 0. The van der Waals surface area contributed by atoms with Crippen LogP contribution in [0.1, 0.15) is 12.5 Å². The first kappa shape index (κ1) is 13.3. The van der Waals surface area contributed by atoms with Gasteiger partial charge in [-0.05, 0) is 24.6 Å². The maximum absolute atomic E-state index is 11.2. The summed E-state index contributed by atoms with van der Waals surface area (Å²) in [7, 11) is 1.50. The predicted molar refractivity (Wildman–Crippen MR) is 65.0 cm³/mol. The Labute approximate surface area is 101 Å². The summed E-state index contributed by atoms with van der Waals surface area (Å²) in [5.74, 6) is 0.514. The summed E-state index contributed by atoms with van der Waals surface area (Å²) in [6, 6.07) is 5.09. The van der Waals surface area contributed by atoms with Crippen molar-refractivity contribution < 1.29 is 14.6 Å². The van der Waals surface area contributed by atoms with Gasteiger partial charge in [-0.1, -0.05) is 6.07 Å². The van der Waals surface area contributed by atoms with Crippen molar-refractivity contribution in [2.24, 2.45) is 0 Å². The molecule has 0 bridgehead atoms. The molecule has 0 aliphatic rings. The molecule has 94 valence electrons. The molecule has 5 heteroatoms. The van der Waals surface area contributed by atoms with Crippen molar-refractivity contribution in [2.75, 3.05) is 20.2 Å². The number of phenolic OH excluding ortho intramolecular Hbond substituents is 1. The molecule has 17 heavy (non-hydrogen) atoms. The number of carbonyl (C=O) groups excluding carboxylic acids is 1. The summed E-state index contributed by atoms with van der Waals surface area (Å²) >= 11 is 0. The lowest BCUT2D eigenvalue weighted by Crippen LogP contribution is -2.33. The molecule has 0 aromatic heterocycles. The van der Waals surface area contributed by atoms with Crippen molar-refractivity contribution in [3.05, 3.63) is 23.8 Å². The first-order chi connectivity index (χ1) is 8.17. The fraction of sp³-hybridized carbons (Fsp3) is 0.417. The monoisotopic (exact) mass is 238 g/mol. The normalized spacial score (nSPS) is 10.0. The fourth-order valence-corrected chi connectivity index (χ4v) is 1.41. The maximum atomic E-state index is 11.2. The minimum Gasteiger partial charge on any atom is -0.504 e. The quantitative estimate of drug-likeness (QED) is 0.679. The van der Waals surface area contributed by atoms with E-state index in [0.717, 1.165) is 5.56 Å². The van der Waals surface area contributed by atoms with Crippen molar-refractivity contribution in [1.82, 2.24) is 10.6 Å². The van der Waals surface area contributed by atoms with Crippen LogP contribution in [0.2, 0.25) is 0 Å². The van der Waals surface area contributed by atoms with E-state index >= 15 is 0 Å². The average molecular weight is 238 g/mol. The van der Waals surface area contributed by atoms with Crippen molar-refractivity contribution in [2.45, 2.75) is 13.5 Å². The number of carbonyl (C=O) groups is 1. The van der Waals surface area contributed by atoms with Crippen LogP contribution in [0.15, 0.2) is 18.2 Å². The Bertz CT molecular complexity index is 380. The number of amides is 1. The lowest BCUT2D eigenvalue weighted by molar-refractivity contribution is -0.120. The van der Waals surface area contributed by atoms with Crippen molar-refractivity contribution in [3.8, 4) is 11.5 Å². The van der Waals surface area contributed by atoms with Crippen LogP contribution in [0.5, 0.6) is 11.5 Å². The highest BCUT2D eigenvalue weighted by Crippen LogP contribution is 2.25. The number of benzene rings is 1. The molecule has 0 heterocycles. The molecule has 0 saturated heterocycles. The number of methoxy groups -OCH3 is 1. The minimum absolute atomic E-state index is 0.0294. The largest absolute Gasteiger partial charge is 0.504 e. The van der Waals surface area contributed by atoms with Crippen LogP contribution >= 0.6 is 0 Å². The van der Waals surface area contributed by atoms with E-state index in [2.05, 4.69) is 10.6 Å². The molecule has 3 N–H and O–H groups in total. The number of aromatic hydroxyl groups is 1. The molecular weight excluding hydrogens is 220 g/mol. The molecule has 0 atom stereocenters. The lowest BCUT2D eigenvalue weighted by atomic mass is 10.2. The number of hydrogen-bond donors (Lipinski definition) is 3. The van der Waals surface area contributed by atoms with Crippen molar-refractivity contribution >= 4 is 5.91 Å². The molecule has 0 aliphatic carbocycles. The van der Waals surface area contributed by atoms with Gasteiger partial charge in [0.1, 0.15) is 0 Å². The maximum Gasteiger partial charge on any atom is 0.233 e. The van der Waals surface area contributed by atoms with Gasteiger partial charge in [0.05, 0.1) is 13.7 Å². The molecule has 0 aliphatic heterocycles. The lowest BCUT2D eigenvalue weighted by Gasteiger charge is -2.08. The molecule has 1 aromatic rings. The molecule has 0 radical (unpaired) electrons. The van der Waals surface area contributed by atoms with Crippen LogP contribution in [-0.2, 0) is 11.3 Å². The van der Waals surface area contributed by atoms with E-state index in [-0.39, 0.29) is 18.2 Å². The topological polar surface area (TPSA) is 70.6 Å². The summed E-state index contributed by atoms with van der Waals surface area (Å²) in [4.78, 5) is 11.2. The average Bonchev–Trinajstić information content (AvgIpc) is 2.31. The molecule has 0 fully saturated rings. The third kappa shape index (κ3) is 4.32. The molecule has 0 spiro atoms. The highest BCUT2D eigenvalue weighted by Gasteiger charge is 2.03. The van der Waals surface area contributed by atoms with Crippen molar-refractivity contribution in [3.63, 3.8) is 0 Å². The molecule has 1 amide bonds. The number of hydrogen-bond acceptors (Lipinski definition) is 4. The van der Waals surface area contributed by atoms with Gasteiger partial charge in [0.25, 0.3) is 0 Å². The zero-order valence-corrected chi connectivity index (χ0v) is 10.1. The van der Waals surface area contributed by atoms with E-state index in [9.17, 15) is 9.90 Å². The highest BCUT2D eigenvalue weighted by molar-refractivity contribution is 5.77. The second-order valence-electron chi connectivity index (χ2n) is 3.56. The van der Waals surface area contributed by atoms with Crippen LogP contribution in [0.4, 0.5) is 0 Å². The van der Waals surface area contributed by atoms with Gasteiger partial charge in [-0.3, -0.25) is 4.79 Å². The Morgan fingerprint density at radius 1 is 1.47 bits per heavy atom. The number of nitrogens with one attached hydrogen (secondary N) is 2. The smallest absolute Gasteiger partial charge is 0.233 e. The van der Waals surface area contributed by atoms with Gasteiger partial charge in [0.15, 0.2) is 11.5 Å². The van der Waals surface area contributed by atoms with Gasteiger partial charge in [0, 0.05) is 13.1 Å². The second-order valence-corrected chi connectivity index (χ2v) is 3.56. The summed E-state index contributed by atoms with van der Waals surface area (Å²) in [5, 5.41) is 15.1. The van der Waals surface area contributed by atoms with Gasteiger partial charge in [-0.15, -0.1) is 0 Å². The predicted octanol–water partition coefficient (Wildman–Crippen LogP) is 0.626. The van der Waals surface area contributed by atoms with E-state index < -0.39 is 0 Å². The van der Waals surface area contributed by atoms with Gasteiger partial charge in [-0.25, -0.2) is 0 Å². The van der Waals surface area contributed by atoms with Crippen LogP contribution in [0.25, 0.3) is 0 Å². The number of ether oxygens (including phenoxy) is 1. The van der Waals surface area contributed by atoms with Crippen LogP contribution in [0.3, 0.4) is 0 Å². The fourth-order valence-electron chi connectivity index (χ4n) is 1.41. The first-order valence-corrected chi connectivity index (χ1v) is 5.50. The van der Waals surface area contributed by atoms with Gasteiger partial charge < -0.3 is 20.5 Å². The Balaban J connectivity index is 2.44. The van der Waals surface area contributed by atoms with Gasteiger partial charge in [0.2, 0.25) is 5.91 Å². The summed E-state index contributed by atoms with van der Waals surface area (Å²) in [6.45, 7) is 3.33. The Hall–Kier alpha value is -1.75. The molecule has 0 unspecified atom stereocenters. The SMILES string of the molecule is CCNC(=O)CNCc1ccc(O)c(OC)c1. The third-order valence-corrected chi connectivity index (χ3v) is 2.23. The second kappa shape index (κ2) is 6.75. The van der Waals surface area contributed by atoms with Gasteiger partial charge >= 0.3 is 0 Å². The molecule has 1 rings (SSSR count). The number of phenols is 1. The number of likely N-dealkylation sites (N-methyl/N-ethyl adjacent to an activating group) is 1. The molecule has 1 aromatic carbocycles. The zero-order chi connectivity index (χ0) is 12.7. The molecule has 5 nitrogen and oxygen atoms in total. The molecular formula is C12H18N2O3. The Kier molecular flexibility index (Phi) is 5.29. The van der Waals surface area contributed by atoms with Crippen LogP contribution in [-0.4, -0.2) is 31.2 Å². The zero-order valence-electron chi connectivity index (χ0n) is 10.1. The van der Waals surface area contributed by atoms with Gasteiger partial charge in [-0.2, -0.15) is 0 Å². The third-order valence-electron chi connectivity index (χ3n) is 2.23. The van der Waals surface area contributed by atoms with E-state index in [1.807, 2.05) is 6.92 Å². The van der Waals surface area contributed by atoms with E-state index in [0.29, 0.717) is 18.8 Å². The van der Waals surface area contributed by atoms with E-state index in [4.69, 9.17) is 4.74 Å². The standard InChI is InChI=1S/C12H18N2O3/c1-3-14-12(16)8-13-7-9-4-5-10(15)11(6-9)17-2/h4-6,13,15H,3,7-8H2,1-2H3,(H,14,16). The summed E-state index contributed by atoms with van der Waals surface area (Å²) < 4.78 is 4.99. The van der Waals surface area contributed by atoms with E-state index in [1.165, 1.54) is 7.11 Å². The highest BCUT2D eigenvalue weighted by atomic mass is 16.5. The first-order valence-electron chi connectivity index (χ1n) is 5.50. The van der Waals surface area contributed by atoms with Crippen LogP contribution < -0.4 is 15.4 Å². The van der Waals surface area contributed by atoms with Crippen LogP contribution in [0, 0.1) is 0 Å². The Morgan fingerprint density at radius 2 is 2.24 bits per heavy atom.